The maximum absolute atomic E-state index is 13.5. The number of likely N-dealkylation sites (N-methyl/N-ethyl adjacent to an activating group) is 1. The monoisotopic (exact) mass is 702 g/mol. The molecule has 16 heteroatoms. The lowest BCUT2D eigenvalue weighted by Crippen LogP contribution is -2.57. The van der Waals surface area contributed by atoms with Crippen LogP contribution in [0.2, 0.25) is 0 Å². The summed E-state index contributed by atoms with van der Waals surface area (Å²) in [5, 5.41) is 17.2. The minimum atomic E-state index is -1.33. The largest absolute Gasteiger partial charge is 0.508 e. The fourth-order valence-corrected chi connectivity index (χ4v) is 4.98. The Morgan fingerprint density at radius 2 is 1.45 bits per heavy atom. The summed E-state index contributed by atoms with van der Waals surface area (Å²) in [5.74, 6) is -3.28. The molecule has 0 saturated carbocycles. The second kappa shape index (κ2) is 19.1. The van der Waals surface area contributed by atoms with Gasteiger partial charge in [-0.3, -0.25) is 39.0 Å². The molecule has 2 aromatic carbocycles. The van der Waals surface area contributed by atoms with Crippen molar-refractivity contribution in [1.29, 1.82) is 0 Å². The summed E-state index contributed by atoms with van der Waals surface area (Å²) in [4.78, 5) is 78.2. The summed E-state index contributed by atoms with van der Waals surface area (Å²) in [6, 6.07) is 11.4. The Morgan fingerprint density at radius 3 is 2.02 bits per heavy atom. The number of alkyl carbamates (subject to hydrolysis) is 1. The van der Waals surface area contributed by atoms with E-state index in [2.05, 4.69) is 26.8 Å². The highest BCUT2D eigenvalue weighted by Gasteiger charge is 2.31. The molecule has 49 heavy (non-hydrogen) atoms. The third-order valence-electron chi connectivity index (χ3n) is 6.92. The van der Waals surface area contributed by atoms with Crippen LogP contribution in [-0.4, -0.2) is 99.2 Å². The minimum Gasteiger partial charge on any atom is -0.508 e. The Hall–Kier alpha value is -4.99. The normalized spacial score (nSPS) is 13.4. The summed E-state index contributed by atoms with van der Waals surface area (Å²) in [5.41, 5.74) is 4.96. The van der Waals surface area contributed by atoms with Gasteiger partial charge >= 0.3 is 6.09 Å². The molecule has 0 aliphatic heterocycles. The number of nitrogens with one attached hydrogen (secondary N) is 5. The number of hydrogen-bond donors (Lipinski definition) is 6. The van der Waals surface area contributed by atoms with E-state index in [1.54, 1.807) is 63.2 Å². The first-order valence-electron chi connectivity index (χ1n) is 15.5. The summed E-state index contributed by atoms with van der Waals surface area (Å²) in [7, 11) is 0.0467. The lowest BCUT2D eigenvalue weighted by Gasteiger charge is -2.28. The molecule has 0 radical (unpaired) electrons. The number of phenols is 1. The zero-order valence-corrected chi connectivity index (χ0v) is 29.3. The standard InChI is InChI=1S/C33H46N6O9S/c1-21(40)37-38-31(45)27(19-22-10-8-7-9-11-22)39(5)28(42)20-34-29(43)25(16-17-49(6)47)35-30(44)26(36-32(46)48-33(2,3)4)18-23-12-14-24(41)15-13-23/h7-15,25-27,41H,16-20H2,1-6H3,(H,34,43)(H,35,44)(H,36,46)(H,37,40)(H,38,45)/t25-,26+,27+,49?/m1/s1. The molecule has 1 unspecified atom stereocenters. The number of ether oxygens (including phenoxy) is 1. The molecule has 0 heterocycles. The van der Waals surface area contributed by atoms with Crippen LogP contribution in [0.5, 0.6) is 5.75 Å². The average Bonchev–Trinajstić information content (AvgIpc) is 3.02. The number of aromatic hydroxyl groups is 1. The van der Waals surface area contributed by atoms with Gasteiger partial charge < -0.3 is 30.7 Å². The van der Waals surface area contributed by atoms with Crippen molar-refractivity contribution in [2.24, 2.45) is 0 Å². The Balaban J connectivity index is 2.21. The molecule has 0 spiro atoms. The molecule has 4 atom stereocenters. The van der Waals surface area contributed by atoms with Crippen molar-refractivity contribution in [3.8, 4) is 5.75 Å². The summed E-state index contributed by atoms with van der Waals surface area (Å²) < 4.78 is 17.2. The van der Waals surface area contributed by atoms with Crippen LogP contribution >= 0.6 is 0 Å². The van der Waals surface area contributed by atoms with Gasteiger partial charge in [0.1, 0.15) is 29.5 Å². The zero-order chi connectivity index (χ0) is 36.7. The van der Waals surface area contributed by atoms with Gasteiger partial charge in [-0.2, -0.15) is 0 Å². The van der Waals surface area contributed by atoms with E-state index in [1.807, 2.05) is 0 Å². The van der Waals surface area contributed by atoms with Gasteiger partial charge in [0.25, 0.3) is 5.91 Å². The molecule has 15 nitrogen and oxygen atoms in total. The highest BCUT2D eigenvalue weighted by molar-refractivity contribution is 7.84. The second-order valence-corrected chi connectivity index (χ2v) is 13.8. The van der Waals surface area contributed by atoms with Gasteiger partial charge in [0.05, 0.1) is 6.54 Å². The van der Waals surface area contributed by atoms with Crippen LogP contribution in [-0.2, 0) is 52.4 Å². The molecule has 0 aromatic heterocycles. The van der Waals surface area contributed by atoms with E-state index in [4.69, 9.17) is 4.74 Å². The molecule has 6 N–H and O–H groups in total. The fourth-order valence-electron chi connectivity index (χ4n) is 4.41. The van der Waals surface area contributed by atoms with Crippen molar-refractivity contribution in [2.75, 3.05) is 25.6 Å². The first-order chi connectivity index (χ1) is 22.9. The van der Waals surface area contributed by atoms with Crippen molar-refractivity contribution in [2.45, 2.75) is 70.7 Å². The number of carbonyl (C=O) groups is 6. The number of rotatable bonds is 15. The van der Waals surface area contributed by atoms with E-state index < -0.39 is 76.7 Å². The van der Waals surface area contributed by atoms with Gasteiger partial charge in [-0.1, -0.05) is 42.5 Å². The number of benzene rings is 2. The van der Waals surface area contributed by atoms with Crippen molar-refractivity contribution >= 4 is 46.4 Å². The predicted octanol–water partition coefficient (Wildman–Crippen LogP) is 0.435. The quantitative estimate of drug-likeness (QED) is 0.142. The van der Waals surface area contributed by atoms with Crippen LogP contribution in [0.25, 0.3) is 0 Å². The number of nitrogens with zero attached hydrogens (tertiary/aromatic N) is 1. The summed E-state index contributed by atoms with van der Waals surface area (Å²) in [6.45, 7) is 5.63. The predicted molar refractivity (Wildman–Crippen MR) is 182 cm³/mol. The Bertz CT molecular complexity index is 1480. The van der Waals surface area contributed by atoms with Crippen molar-refractivity contribution in [3.63, 3.8) is 0 Å². The maximum Gasteiger partial charge on any atom is 0.408 e. The van der Waals surface area contributed by atoms with Gasteiger partial charge in [0.15, 0.2) is 0 Å². The third kappa shape index (κ3) is 15.2. The minimum absolute atomic E-state index is 0.00842. The van der Waals surface area contributed by atoms with Crippen molar-refractivity contribution < 1.29 is 42.8 Å². The van der Waals surface area contributed by atoms with Crippen molar-refractivity contribution in [1.82, 2.24) is 31.7 Å². The Morgan fingerprint density at radius 1 is 0.837 bits per heavy atom. The molecule has 268 valence electrons. The average molecular weight is 703 g/mol. The third-order valence-corrected chi connectivity index (χ3v) is 7.73. The molecular formula is C33H46N6O9S. The van der Waals surface area contributed by atoms with E-state index in [1.165, 1.54) is 32.4 Å². The van der Waals surface area contributed by atoms with Gasteiger partial charge in [-0.05, 0) is 50.5 Å². The lowest BCUT2D eigenvalue weighted by atomic mass is 10.0. The Labute approximate surface area is 288 Å². The van der Waals surface area contributed by atoms with E-state index in [0.717, 1.165) is 10.5 Å². The number of hydrogen-bond acceptors (Lipinski definition) is 9. The van der Waals surface area contributed by atoms with E-state index >= 15 is 0 Å². The fraction of sp³-hybridized carbons (Fsp3) is 0.455. The van der Waals surface area contributed by atoms with Crippen LogP contribution in [0.1, 0.15) is 45.2 Å². The van der Waals surface area contributed by atoms with Crippen LogP contribution in [0.4, 0.5) is 4.79 Å². The smallest absolute Gasteiger partial charge is 0.408 e. The number of hydrazine groups is 1. The molecule has 6 amide bonds. The highest BCUT2D eigenvalue weighted by Crippen LogP contribution is 2.13. The highest BCUT2D eigenvalue weighted by atomic mass is 32.2. The van der Waals surface area contributed by atoms with Crippen molar-refractivity contribution in [3.05, 3.63) is 65.7 Å². The molecule has 2 rings (SSSR count). The summed E-state index contributed by atoms with van der Waals surface area (Å²) in [6.07, 6.45) is 0.594. The number of carbonyl (C=O) groups excluding carboxylic acids is 6. The maximum atomic E-state index is 13.5. The number of phenolic OH excluding ortho intramolecular Hbond substituents is 1. The molecule has 2 aromatic rings. The van der Waals surface area contributed by atoms with Crippen LogP contribution in [0.3, 0.4) is 0 Å². The van der Waals surface area contributed by atoms with Gasteiger partial charge in [-0.25, -0.2) is 4.79 Å². The number of amides is 6. The van der Waals surface area contributed by atoms with Gasteiger partial charge in [0, 0.05) is 49.6 Å². The molecule has 0 fully saturated rings. The SMILES string of the molecule is CC(=O)NNC(=O)[C@H](Cc1ccccc1)N(C)C(=O)CNC(=O)[C@@H](CCS(C)=O)NC(=O)[C@H](Cc1ccc(O)cc1)NC(=O)OC(C)(C)C. The van der Waals surface area contributed by atoms with E-state index in [-0.39, 0.29) is 30.8 Å². The van der Waals surface area contributed by atoms with Crippen LogP contribution in [0, 0.1) is 0 Å². The van der Waals surface area contributed by atoms with Crippen LogP contribution in [0.15, 0.2) is 54.6 Å². The van der Waals surface area contributed by atoms with Crippen LogP contribution < -0.4 is 26.8 Å². The molecular weight excluding hydrogens is 656 g/mol. The first-order valence-corrected chi connectivity index (χ1v) is 17.2. The lowest BCUT2D eigenvalue weighted by molar-refractivity contribution is -0.140. The van der Waals surface area contributed by atoms with E-state index in [0.29, 0.717) is 5.56 Å². The van der Waals surface area contributed by atoms with Gasteiger partial charge in [-0.15, -0.1) is 0 Å². The van der Waals surface area contributed by atoms with Gasteiger partial charge in [0.2, 0.25) is 23.6 Å². The summed E-state index contributed by atoms with van der Waals surface area (Å²) >= 11 is 0. The second-order valence-electron chi connectivity index (χ2n) is 12.3. The zero-order valence-electron chi connectivity index (χ0n) is 28.5. The topological polar surface area (TPSA) is 212 Å². The first kappa shape index (κ1) is 40.2. The van der Waals surface area contributed by atoms with E-state index in [9.17, 15) is 38.1 Å². The Kier molecular flexibility index (Phi) is 15.7. The molecule has 0 saturated heterocycles. The molecule has 0 aliphatic carbocycles. The molecule has 0 bridgehead atoms. The molecule has 0 aliphatic rings.